The standard InChI is InChI=1S/C17H25FN2O3/c1-17(2,3)16(21)23-20-8-6-12(7-9-20)11-22-15-10-13(18)4-5-14(15)19/h4-5,10,12H,6-9,11,19H2,1-3H3. The lowest BCUT2D eigenvalue weighted by Gasteiger charge is -2.32. The molecule has 1 aliphatic rings. The average Bonchev–Trinajstić information content (AvgIpc) is 2.48. The Bertz CT molecular complexity index is 549. The second-order valence-electron chi connectivity index (χ2n) is 6.99. The molecule has 0 spiro atoms. The summed E-state index contributed by atoms with van der Waals surface area (Å²) >= 11 is 0. The molecule has 5 nitrogen and oxygen atoms in total. The van der Waals surface area contributed by atoms with Gasteiger partial charge in [-0.15, -0.1) is 5.06 Å². The number of hydroxylamine groups is 2. The number of rotatable bonds is 4. The minimum absolute atomic E-state index is 0.222. The number of anilines is 1. The van der Waals surface area contributed by atoms with Crippen LogP contribution in [0.2, 0.25) is 0 Å². The zero-order valence-corrected chi connectivity index (χ0v) is 14.0. The highest BCUT2D eigenvalue weighted by atomic mass is 19.1. The third kappa shape index (κ3) is 5.10. The zero-order valence-electron chi connectivity index (χ0n) is 14.0. The van der Waals surface area contributed by atoms with E-state index in [-0.39, 0.29) is 11.8 Å². The molecule has 1 aliphatic heterocycles. The lowest BCUT2D eigenvalue weighted by atomic mass is 9.97. The van der Waals surface area contributed by atoms with E-state index in [2.05, 4.69) is 0 Å². The molecule has 1 aromatic carbocycles. The van der Waals surface area contributed by atoms with Gasteiger partial charge in [-0.25, -0.2) is 9.18 Å². The molecule has 0 unspecified atom stereocenters. The summed E-state index contributed by atoms with van der Waals surface area (Å²) in [6.45, 7) is 7.33. The Hall–Kier alpha value is -1.82. The Kier molecular flexibility index (Phi) is 5.46. The Morgan fingerprint density at radius 3 is 2.61 bits per heavy atom. The van der Waals surface area contributed by atoms with Gasteiger partial charge >= 0.3 is 5.97 Å². The van der Waals surface area contributed by atoms with Crippen molar-refractivity contribution >= 4 is 11.7 Å². The number of carbonyl (C=O) groups excluding carboxylic acids is 1. The van der Waals surface area contributed by atoms with Crippen LogP contribution in [0.4, 0.5) is 10.1 Å². The van der Waals surface area contributed by atoms with Crippen molar-refractivity contribution in [1.29, 1.82) is 0 Å². The minimum Gasteiger partial charge on any atom is -0.491 e. The second kappa shape index (κ2) is 7.17. The summed E-state index contributed by atoms with van der Waals surface area (Å²) in [5.74, 6) is 0.131. The number of piperidine rings is 1. The smallest absolute Gasteiger partial charge is 0.330 e. The quantitative estimate of drug-likeness (QED) is 0.863. The lowest BCUT2D eigenvalue weighted by molar-refractivity contribution is -0.206. The highest BCUT2D eigenvalue weighted by Crippen LogP contribution is 2.25. The van der Waals surface area contributed by atoms with Crippen LogP contribution in [0.25, 0.3) is 0 Å². The van der Waals surface area contributed by atoms with E-state index in [0.29, 0.717) is 37.1 Å². The normalized spacial score (nSPS) is 17.0. The SMILES string of the molecule is CC(C)(C)C(=O)ON1CCC(COc2cc(F)ccc2N)CC1. The van der Waals surface area contributed by atoms with Crippen LogP contribution < -0.4 is 10.5 Å². The Morgan fingerprint density at radius 2 is 2.00 bits per heavy atom. The van der Waals surface area contributed by atoms with Crippen LogP contribution >= 0.6 is 0 Å². The van der Waals surface area contributed by atoms with Crippen LogP contribution in [0.15, 0.2) is 18.2 Å². The summed E-state index contributed by atoms with van der Waals surface area (Å²) in [6.07, 6.45) is 1.71. The van der Waals surface area contributed by atoms with Gasteiger partial charge in [0, 0.05) is 19.2 Å². The number of nitrogens with two attached hydrogens (primary N) is 1. The van der Waals surface area contributed by atoms with Gasteiger partial charge in [0.05, 0.1) is 17.7 Å². The largest absolute Gasteiger partial charge is 0.491 e. The third-order valence-electron chi connectivity index (χ3n) is 3.85. The van der Waals surface area contributed by atoms with E-state index < -0.39 is 5.41 Å². The van der Waals surface area contributed by atoms with E-state index >= 15 is 0 Å². The van der Waals surface area contributed by atoms with Crippen LogP contribution in [0, 0.1) is 17.2 Å². The summed E-state index contributed by atoms with van der Waals surface area (Å²) in [5.41, 5.74) is 5.69. The van der Waals surface area contributed by atoms with E-state index in [1.807, 2.05) is 20.8 Å². The molecule has 6 heteroatoms. The summed E-state index contributed by atoms with van der Waals surface area (Å²) in [5, 5.41) is 1.71. The van der Waals surface area contributed by atoms with Gasteiger partial charge in [-0.05, 0) is 51.7 Å². The molecule has 1 fully saturated rings. The molecule has 2 N–H and O–H groups in total. The molecular weight excluding hydrogens is 299 g/mol. The predicted molar refractivity (Wildman–Crippen MR) is 86.2 cm³/mol. The van der Waals surface area contributed by atoms with Crippen molar-refractivity contribution in [3.63, 3.8) is 0 Å². The molecule has 0 bridgehead atoms. The van der Waals surface area contributed by atoms with Gasteiger partial charge in [0.25, 0.3) is 0 Å². The molecule has 0 atom stereocenters. The van der Waals surface area contributed by atoms with Crippen LogP contribution in [-0.2, 0) is 9.63 Å². The van der Waals surface area contributed by atoms with Crippen molar-refractivity contribution in [2.45, 2.75) is 33.6 Å². The van der Waals surface area contributed by atoms with Gasteiger partial charge in [0.2, 0.25) is 0 Å². The van der Waals surface area contributed by atoms with Crippen molar-refractivity contribution in [3.8, 4) is 5.75 Å². The first kappa shape index (κ1) is 17.5. The molecule has 0 saturated carbocycles. The van der Waals surface area contributed by atoms with Crippen molar-refractivity contribution < 1.29 is 18.8 Å². The van der Waals surface area contributed by atoms with Crippen LogP contribution in [0.5, 0.6) is 5.75 Å². The van der Waals surface area contributed by atoms with Crippen LogP contribution in [-0.4, -0.2) is 30.7 Å². The number of nitrogen functional groups attached to an aromatic ring is 1. The summed E-state index contributed by atoms with van der Waals surface area (Å²) in [4.78, 5) is 17.2. The predicted octanol–water partition coefficient (Wildman–Crippen LogP) is 3.00. The minimum atomic E-state index is -0.505. The van der Waals surface area contributed by atoms with Crippen molar-refractivity contribution in [1.82, 2.24) is 5.06 Å². The topological polar surface area (TPSA) is 64.8 Å². The first-order chi connectivity index (χ1) is 10.8. The molecule has 2 rings (SSSR count). The number of nitrogens with zero attached hydrogens (tertiary/aromatic N) is 1. The maximum Gasteiger partial charge on any atom is 0.330 e. The number of carbonyl (C=O) groups is 1. The Balaban J connectivity index is 1.77. The molecule has 0 amide bonds. The first-order valence-electron chi connectivity index (χ1n) is 7.91. The van der Waals surface area contributed by atoms with E-state index in [1.165, 1.54) is 18.2 Å². The van der Waals surface area contributed by atoms with Crippen molar-refractivity contribution in [3.05, 3.63) is 24.0 Å². The van der Waals surface area contributed by atoms with Gasteiger partial charge in [0.15, 0.2) is 0 Å². The van der Waals surface area contributed by atoms with Crippen LogP contribution in [0.1, 0.15) is 33.6 Å². The number of benzene rings is 1. The summed E-state index contributed by atoms with van der Waals surface area (Å²) in [7, 11) is 0. The highest BCUT2D eigenvalue weighted by molar-refractivity contribution is 5.75. The van der Waals surface area contributed by atoms with Gasteiger partial charge in [0.1, 0.15) is 11.6 Å². The average molecular weight is 324 g/mol. The van der Waals surface area contributed by atoms with E-state index in [1.54, 1.807) is 5.06 Å². The summed E-state index contributed by atoms with van der Waals surface area (Å²) < 4.78 is 18.8. The lowest BCUT2D eigenvalue weighted by Crippen LogP contribution is -2.39. The molecule has 0 radical (unpaired) electrons. The molecule has 0 aliphatic carbocycles. The molecule has 1 heterocycles. The molecular formula is C17H25FN2O3. The monoisotopic (exact) mass is 324 g/mol. The number of ether oxygens (including phenoxy) is 1. The van der Waals surface area contributed by atoms with E-state index in [0.717, 1.165) is 12.8 Å². The van der Waals surface area contributed by atoms with Crippen molar-refractivity contribution in [2.24, 2.45) is 11.3 Å². The number of halogens is 1. The Labute approximate surface area is 136 Å². The van der Waals surface area contributed by atoms with E-state index in [4.69, 9.17) is 15.3 Å². The fraction of sp³-hybridized carbons (Fsp3) is 0.588. The van der Waals surface area contributed by atoms with Crippen LogP contribution in [0.3, 0.4) is 0 Å². The van der Waals surface area contributed by atoms with Gasteiger partial charge in [-0.1, -0.05) is 0 Å². The fourth-order valence-electron chi connectivity index (χ4n) is 2.26. The number of hydrogen-bond donors (Lipinski definition) is 1. The fourth-order valence-corrected chi connectivity index (χ4v) is 2.26. The maximum absolute atomic E-state index is 13.2. The van der Waals surface area contributed by atoms with E-state index in [9.17, 15) is 9.18 Å². The highest BCUT2D eigenvalue weighted by Gasteiger charge is 2.28. The molecule has 1 aromatic rings. The number of hydrogen-bond acceptors (Lipinski definition) is 5. The van der Waals surface area contributed by atoms with Crippen molar-refractivity contribution in [2.75, 3.05) is 25.4 Å². The molecule has 1 saturated heterocycles. The van der Waals surface area contributed by atoms with Gasteiger partial charge in [-0.2, -0.15) is 0 Å². The molecule has 128 valence electrons. The van der Waals surface area contributed by atoms with Gasteiger partial charge < -0.3 is 15.3 Å². The maximum atomic E-state index is 13.2. The Morgan fingerprint density at radius 1 is 1.35 bits per heavy atom. The third-order valence-corrected chi connectivity index (χ3v) is 3.85. The molecule has 23 heavy (non-hydrogen) atoms. The summed E-state index contributed by atoms with van der Waals surface area (Å²) in [6, 6.07) is 4.11. The first-order valence-corrected chi connectivity index (χ1v) is 7.91. The van der Waals surface area contributed by atoms with Gasteiger partial charge in [-0.3, -0.25) is 0 Å². The second-order valence-corrected chi connectivity index (χ2v) is 6.99. The molecule has 0 aromatic heterocycles. The zero-order chi connectivity index (χ0) is 17.0.